The van der Waals surface area contributed by atoms with E-state index < -0.39 is 0 Å². The number of nitrogens with zero attached hydrogens (tertiary/aromatic N) is 2. The van der Waals surface area contributed by atoms with Crippen molar-refractivity contribution in [1.29, 1.82) is 0 Å². The van der Waals surface area contributed by atoms with E-state index in [4.69, 9.17) is 28.6 Å². The fraction of sp³-hybridized carbons (Fsp3) is 0.154. The van der Waals surface area contributed by atoms with Gasteiger partial charge in [0.2, 0.25) is 0 Å². The number of thiocarbonyl (C=S) groups is 1. The number of carbonyl (C=O) groups excluding carboxylic acids is 1. The third kappa shape index (κ3) is 2.72. The van der Waals surface area contributed by atoms with Crippen molar-refractivity contribution in [3.63, 3.8) is 0 Å². The standard InChI is InChI=1S/C13H9ClN2O2S2/c14-10-1-2-11-9(4-10)3-8(6-18-11)5-15-16-12(17)7-20-13(16)19/h1-5H,6-7H2/b15-5+. The molecule has 0 N–H and O–H groups in total. The Hall–Kier alpha value is -1.37. The predicted octanol–water partition coefficient (Wildman–Crippen LogP) is 2.96. The maximum atomic E-state index is 11.5. The molecule has 1 fully saturated rings. The van der Waals surface area contributed by atoms with Crippen molar-refractivity contribution in [3.05, 3.63) is 34.4 Å². The molecule has 2 aliphatic rings. The molecular formula is C13H9ClN2O2S2. The lowest BCUT2D eigenvalue weighted by atomic mass is 10.1. The van der Waals surface area contributed by atoms with Crippen molar-refractivity contribution in [1.82, 2.24) is 5.01 Å². The van der Waals surface area contributed by atoms with Gasteiger partial charge in [-0.2, -0.15) is 10.1 Å². The lowest BCUT2D eigenvalue weighted by Gasteiger charge is -2.16. The highest BCUT2D eigenvalue weighted by Gasteiger charge is 2.26. The van der Waals surface area contributed by atoms with Crippen LogP contribution in [0.2, 0.25) is 5.02 Å². The molecule has 0 saturated carbocycles. The predicted molar refractivity (Wildman–Crippen MR) is 85.3 cm³/mol. The van der Waals surface area contributed by atoms with Gasteiger partial charge in [0.05, 0.1) is 12.0 Å². The fourth-order valence-corrected chi connectivity index (χ4v) is 2.98. The van der Waals surface area contributed by atoms with Gasteiger partial charge in [-0.1, -0.05) is 35.6 Å². The molecule has 0 aromatic heterocycles. The molecule has 1 saturated heterocycles. The highest BCUT2D eigenvalue weighted by atomic mass is 35.5. The molecule has 2 heterocycles. The van der Waals surface area contributed by atoms with Crippen LogP contribution in [0.1, 0.15) is 5.56 Å². The van der Waals surface area contributed by atoms with Crippen LogP contribution in [-0.4, -0.2) is 33.8 Å². The van der Waals surface area contributed by atoms with Gasteiger partial charge in [-0.3, -0.25) is 4.79 Å². The van der Waals surface area contributed by atoms with Gasteiger partial charge in [-0.05, 0) is 24.3 Å². The van der Waals surface area contributed by atoms with E-state index >= 15 is 0 Å². The van der Waals surface area contributed by atoms with Crippen LogP contribution < -0.4 is 4.74 Å². The monoisotopic (exact) mass is 324 g/mol. The molecule has 102 valence electrons. The zero-order valence-corrected chi connectivity index (χ0v) is 12.6. The smallest absolute Gasteiger partial charge is 0.259 e. The van der Waals surface area contributed by atoms with Crippen molar-refractivity contribution >= 4 is 58.1 Å². The summed E-state index contributed by atoms with van der Waals surface area (Å²) >= 11 is 12.3. The number of benzene rings is 1. The number of carbonyl (C=O) groups is 1. The second kappa shape index (κ2) is 5.55. The summed E-state index contributed by atoms with van der Waals surface area (Å²) in [5.74, 6) is 1.04. The Kier molecular flexibility index (Phi) is 3.78. The van der Waals surface area contributed by atoms with Crippen LogP contribution >= 0.6 is 35.6 Å². The number of hydrogen-bond donors (Lipinski definition) is 0. The molecule has 0 aliphatic carbocycles. The summed E-state index contributed by atoms with van der Waals surface area (Å²) in [4.78, 5) is 11.5. The molecule has 2 aliphatic heterocycles. The van der Waals surface area contributed by atoms with Crippen molar-refractivity contribution in [2.45, 2.75) is 0 Å². The van der Waals surface area contributed by atoms with Crippen LogP contribution in [0.25, 0.3) is 6.08 Å². The highest BCUT2D eigenvalue weighted by Crippen LogP contribution is 2.28. The first kappa shape index (κ1) is 13.6. The van der Waals surface area contributed by atoms with Gasteiger partial charge in [0.25, 0.3) is 5.91 Å². The Morgan fingerprint density at radius 1 is 1.50 bits per heavy atom. The van der Waals surface area contributed by atoms with E-state index in [1.165, 1.54) is 16.8 Å². The average molecular weight is 325 g/mol. The molecule has 1 amide bonds. The zero-order valence-electron chi connectivity index (χ0n) is 10.2. The number of ether oxygens (including phenoxy) is 1. The fourth-order valence-electron chi connectivity index (χ4n) is 1.83. The zero-order chi connectivity index (χ0) is 14.1. The van der Waals surface area contributed by atoms with Crippen LogP contribution in [0.5, 0.6) is 5.75 Å². The number of amides is 1. The maximum absolute atomic E-state index is 11.5. The van der Waals surface area contributed by atoms with Crippen molar-refractivity contribution in [2.24, 2.45) is 5.10 Å². The topological polar surface area (TPSA) is 41.9 Å². The van der Waals surface area contributed by atoms with Gasteiger partial charge in [0.1, 0.15) is 12.4 Å². The first-order valence-corrected chi connectivity index (χ1v) is 7.57. The molecule has 7 heteroatoms. The number of rotatable bonds is 2. The van der Waals surface area contributed by atoms with E-state index in [1.807, 2.05) is 18.2 Å². The molecule has 0 atom stereocenters. The van der Waals surface area contributed by atoms with Crippen molar-refractivity contribution < 1.29 is 9.53 Å². The summed E-state index contributed by atoms with van der Waals surface area (Å²) < 4.78 is 6.08. The molecule has 0 bridgehead atoms. The Morgan fingerprint density at radius 2 is 2.35 bits per heavy atom. The van der Waals surface area contributed by atoms with Crippen molar-refractivity contribution in [2.75, 3.05) is 12.4 Å². The molecule has 4 nitrogen and oxygen atoms in total. The minimum atomic E-state index is -0.1000. The SMILES string of the molecule is O=C1CSC(=S)N1/N=C/C1=Cc2cc(Cl)ccc2OC1. The summed E-state index contributed by atoms with van der Waals surface area (Å²) in [5, 5.41) is 6.01. The molecular weight excluding hydrogens is 316 g/mol. The Labute approximate surface area is 130 Å². The molecule has 1 aromatic carbocycles. The van der Waals surface area contributed by atoms with E-state index in [1.54, 1.807) is 12.3 Å². The van der Waals surface area contributed by atoms with E-state index in [0.717, 1.165) is 16.9 Å². The number of halogens is 1. The van der Waals surface area contributed by atoms with Crippen LogP contribution in [0.4, 0.5) is 0 Å². The molecule has 0 spiro atoms. The van der Waals surface area contributed by atoms with E-state index in [-0.39, 0.29) is 5.91 Å². The lowest BCUT2D eigenvalue weighted by molar-refractivity contribution is -0.123. The summed E-state index contributed by atoms with van der Waals surface area (Å²) in [6.45, 7) is 0.403. The number of thioether (sulfide) groups is 1. The summed E-state index contributed by atoms with van der Waals surface area (Å²) in [6, 6.07) is 5.44. The lowest BCUT2D eigenvalue weighted by Crippen LogP contribution is -2.23. The second-order valence-corrected chi connectivity index (χ2v) is 6.24. The Morgan fingerprint density at radius 3 is 3.10 bits per heavy atom. The third-order valence-corrected chi connectivity index (χ3v) is 4.35. The first-order chi connectivity index (χ1) is 9.63. The summed E-state index contributed by atoms with van der Waals surface area (Å²) in [7, 11) is 0. The van der Waals surface area contributed by atoms with Gasteiger partial charge in [0, 0.05) is 16.2 Å². The Bertz CT molecular complexity index is 642. The molecule has 20 heavy (non-hydrogen) atoms. The largest absolute Gasteiger partial charge is 0.488 e. The number of fused-ring (bicyclic) bond motifs is 1. The van der Waals surface area contributed by atoms with Crippen molar-refractivity contribution in [3.8, 4) is 5.75 Å². The quantitative estimate of drug-likeness (QED) is 0.619. The van der Waals surface area contributed by atoms with Crippen LogP contribution in [0, 0.1) is 0 Å². The van der Waals surface area contributed by atoms with Crippen LogP contribution in [0.15, 0.2) is 28.9 Å². The Balaban J connectivity index is 1.82. The van der Waals surface area contributed by atoms with Gasteiger partial charge < -0.3 is 4.74 Å². The van der Waals surface area contributed by atoms with Crippen LogP contribution in [-0.2, 0) is 4.79 Å². The minimum absolute atomic E-state index is 0.1000. The minimum Gasteiger partial charge on any atom is -0.488 e. The highest BCUT2D eigenvalue weighted by molar-refractivity contribution is 8.23. The summed E-state index contributed by atoms with van der Waals surface area (Å²) in [5.41, 5.74) is 1.75. The molecule has 0 unspecified atom stereocenters. The van der Waals surface area contributed by atoms with Gasteiger partial charge >= 0.3 is 0 Å². The third-order valence-electron chi connectivity index (χ3n) is 2.77. The normalized spacial score (nSPS) is 18.2. The van der Waals surface area contributed by atoms with Gasteiger partial charge in [0.15, 0.2) is 4.32 Å². The second-order valence-electron chi connectivity index (χ2n) is 4.19. The molecule has 0 radical (unpaired) electrons. The first-order valence-electron chi connectivity index (χ1n) is 5.80. The van der Waals surface area contributed by atoms with Gasteiger partial charge in [-0.15, -0.1) is 0 Å². The maximum Gasteiger partial charge on any atom is 0.259 e. The summed E-state index contributed by atoms with van der Waals surface area (Å²) in [6.07, 6.45) is 3.53. The number of hydrogen-bond acceptors (Lipinski definition) is 5. The molecule has 1 aromatic rings. The van der Waals surface area contributed by atoms with E-state index in [0.29, 0.717) is 21.7 Å². The molecule has 3 rings (SSSR count). The van der Waals surface area contributed by atoms with E-state index in [2.05, 4.69) is 5.10 Å². The number of hydrazone groups is 1. The van der Waals surface area contributed by atoms with Crippen LogP contribution in [0.3, 0.4) is 0 Å². The average Bonchev–Trinajstić information content (AvgIpc) is 2.75. The van der Waals surface area contributed by atoms with Gasteiger partial charge in [-0.25, -0.2) is 0 Å². The van der Waals surface area contributed by atoms with E-state index in [9.17, 15) is 4.79 Å².